The smallest absolute Gasteiger partial charge is 0.243 e. The molecule has 1 atom stereocenters. The van der Waals surface area contributed by atoms with Gasteiger partial charge < -0.3 is 10.2 Å². The summed E-state index contributed by atoms with van der Waals surface area (Å²) in [6.45, 7) is 2.01. The van der Waals surface area contributed by atoms with Crippen LogP contribution in [-0.4, -0.2) is 30.3 Å². The Morgan fingerprint density at radius 1 is 1.36 bits per heavy atom. The van der Waals surface area contributed by atoms with Crippen molar-refractivity contribution in [2.24, 2.45) is 5.92 Å². The quantitative estimate of drug-likeness (QED) is 0.831. The fourth-order valence-electron chi connectivity index (χ4n) is 2.58. The number of carbonyl (C=O) groups is 2. The van der Waals surface area contributed by atoms with Crippen molar-refractivity contribution in [3.63, 3.8) is 0 Å². The summed E-state index contributed by atoms with van der Waals surface area (Å²) in [6.07, 6.45) is 6.73. The molecule has 0 fully saturated rings. The van der Waals surface area contributed by atoms with E-state index in [1.807, 2.05) is 31.2 Å². The highest BCUT2D eigenvalue weighted by molar-refractivity contribution is 9.10. The molecule has 2 amide bonds. The number of amides is 2. The lowest BCUT2D eigenvalue weighted by Gasteiger charge is -2.24. The number of hydrogen-bond acceptors (Lipinski definition) is 2. The fraction of sp³-hybridized carbons (Fsp3) is 0.412. The van der Waals surface area contributed by atoms with Crippen LogP contribution in [0.1, 0.15) is 24.8 Å². The van der Waals surface area contributed by atoms with Gasteiger partial charge in [0.05, 0.1) is 6.54 Å². The van der Waals surface area contributed by atoms with Gasteiger partial charge in [-0.15, -0.1) is 0 Å². The molecule has 0 aromatic heterocycles. The van der Waals surface area contributed by atoms with E-state index in [2.05, 4.69) is 27.3 Å². The number of likely N-dealkylation sites (N-methyl/N-ethyl adjacent to an activating group) is 1. The van der Waals surface area contributed by atoms with E-state index in [1.165, 1.54) is 4.90 Å². The van der Waals surface area contributed by atoms with Crippen molar-refractivity contribution < 1.29 is 9.59 Å². The first-order valence-corrected chi connectivity index (χ1v) is 8.22. The molecule has 1 N–H and O–H groups in total. The minimum atomic E-state index is -0.173. The van der Waals surface area contributed by atoms with Gasteiger partial charge in [-0.3, -0.25) is 9.59 Å². The third-order valence-corrected chi connectivity index (χ3v) is 4.33. The van der Waals surface area contributed by atoms with E-state index in [0.29, 0.717) is 0 Å². The first kappa shape index (κ1) is 16.7. The van der Waals surface area contributed by atoms with Gasteiger partial charge in [0.15, 0.2) is 0 Å². The fourth-order valence-corrected chi connectivity index (χ4v) is 3.06. The molecule has 0 radical (unpaired) electrons. The van der Waals surface area contributed by atoms with Crippen LogP contribution in [0.3, 0.4) is 0 Å². The number of halogens is 1. The number of benzene rings is 1. The van der Waals surface area contributed by atoms with Crippen molar-refractivity contribution in [2.45, 2.75) is 26.2 Å². The number of allylic oxidation sites excluding steroid dienone is 2. The van der Waals surface area contributed by atoms with E-state index < -0.39 is 0 Å². The lowest BCUT2D eigenvalue weighted by atomic mass is 9.93. The predicted octanol–water partition coefficient (Wildman–Crippen LogP) is 3.51. The molecule has 1 aliphatic rings. The molecule has 0 aliphatic heterocycles. The maximum Gasteiger partial charge on any atom is 0.243 e. The molecule has 1 unspecified atom stereocenters. The van der Waals surface area contributed by atoms with Crippen LogP contribution in [0.15, 0.2) is 34.8 Å². The van der Waals surface area contributed by atoms with Crippen molar-refractivity contribution in [3.05, 3.63) is 40.4 Å². The highest BCUT2D eigenvalue weighted by Crippen LogP contribution is 2.21. The predicted molar refractivity (Wildman–Crippen MR) is 91.6 cm³/mol. The third kappa shape index (κ3) is 4.44. The van der Waals surface area contributed by atoms with Crippen molar-refractivity contribution in [3.8, 4) is 0 Å². The van der Waals surface area contributed by atoms with Crippen LogP contribution in [0.4, 0.5) is 5.69 Å². The largest absolute Gasteiger partial charge is 0.336 e. The number of carbonyl (C=O) groups excluding carboxylic acids is 2. The molecule has 118 valence electrons. The van der Waals surface area contributed by atoms with Gasteiger partial charge >= 0.3 is 0 Å². The van der Waals surface area contributed by atoms with E-state index in [0.717, 1.165) is 35.0 Å². The Kier molecular flexibility index (Phi) is 5.77. The molecule has 0 heterocycles. The van der Waals surface area contributed by atoms with E-state index in [-0.39, 0.29) is 24.3 Å². The maximum absolute atomic E-state index is 12.3. The number of aryl methyl sites for hydroxylation is 1. The molecule has 1 aromatic carbocycles. The Bertz CT molecular complexity index is 598. The number of rotatable bonds is 4. The second-order valence-corrected chi connectivity index (χ2v) is 6.60. The van der Waals surface area contributed by atoms with E-state index in [1.54, 1.807) is 7.05 Å². The van der Waals surface area contributed by atoms with E-state index >= 15 is 0 Å². The summed E-state index contributed by atoms with van der Waals surface area (Å²) >= 11 is 3.39. The molecule has 1 aromatic rings. The third-order valence-electron chi connectivity index (χ3n) is 3.84. The number of nitrogens with zero attached hydrogens (tertiary/aromatic N) is 1. The van der Waals surface area contributed by atoms with E-state index in [9.17, 15) is 9.59 Å². The van der Waals surface area contributed by atoms with Gasteiger partial charge in [-0.1, -0.05) is 28.1 Å². The van der Waals surface area contributed by atoms with Gasteiger partial charge in [0.25, 0.3) is 0 Å². The Morgan fingerprint density at radius 3 is 2.77 bits per heavy atom. The summed E-state index contributed by atoms with van der Waals surface area (Å²) in [5, 5.41) is 2.86. The zero-order valence-corrected chi connectivity index (χ0v) is 14.5. The van der Waals surface area contributed by atoms with Gasteiger partial charge in [0, 0.05) is 23.1 Å². The van der Waals surface area contributed by atoms with Gasteiger partial charge in [-0.2, -0.15) is 0 Å². The zero-order valence-electron chi connectivity index (χ0n) is 12.9. The molecule has 0 bridgehead atoms. The Balaban J connectivity index is 1.90. The Morgan fingerprint density at radius 2 is 2.14 bits per heavy atom. The normalized spacial score (nSPS) is 17.1. The minimum Gasteiger partial charge on any atom is -0.336 e. The summed E-state index contributed by atoms with van der Waals surface area (Å²) in [4.78, 5) is 25.9. The highest BCUT2D eigenvalue weighted by atomic mass is 79.9. The summed E-state index contributed by atoms with van der Waals surface area (Å²) in [6, 6.07) is 5.68. The Labute approximate surface area is 139 Å². The molecule has 0 spiro atoms. The molecule has 5 heteroatoms. The molecule has 0 saturated heterocycles. The molecule has 0 saturated carbocycles. The summed E-state index contributed by atoms with van der Waals surface area (Å²) in [7, 11) is 1.69. The second-order valence-electron chi connectivity index (χ2n) is 5.68. The number of nitrogens with one attached hydrogen (secondary N) is 1. The lowest BCUT2D eigenvalue weighted by molar-refractivity contribution is -0.137. The van der Waals surface area contributed by atoms with Crippen LogP contribution < -0.4 is 5.32 Å². The van der Waals surface area contributed by atoms with Crippen LogP contribution in [0.5, 0.6) is 0 Å². The monoisotopic (exact) mass is 364 g/mol. The standard InChI is InChI=1S/C17H21BrN2O2/c1-12-10-14(18)8-9-15(12)19-16(21)11-20(2)17(22)13-6-4-3-5-7-13/h3-4,8-10,13H,5-7,11H2,1-2H3,(H,19,21). The second kappa shape index (κ2) is 7.58. The summed E-state index contributed by atoms with van der Waals surface area (Å²) in [5.74, 6) is -0.114. The first-order chi connectivity index (χ1) is 10.5. The van der Waals surface area contributed by atoms with Crippen molar-refractivity contribution in [2.75, 3.05) is 18.9 Å². The molecular weight excluding hydrogens is 344 g/mol. The molecule has 22 heavy (non-hydrogen) atoms. The van der Waals surface area contributed by atoms with E-state index in [4.69, 9.17) is 0 Å². The average Bonchev–Trinajstić information content (AvgIpc) is 2.50. The van der Waals surface area contributed by atoms with Gasteiger partial charge in [0.1, 0.15) is 0 Å². The van der Waals surface area contributed by atoms with Crippen LogP contribution in [0.25, 0.3) is 0 Å². The molecule has 4 nitrogen and oxygen atoms in total. The van der Waals surface area contributed by atoms with Gasteiger partial charge in [0.2, 0.25) is 11.8 Å². The van der Waals surface area contributed by atoms with Crippen molar-refractivity contribution >= 4 is 33.4 Å². The SMILES string of the molecule is Cc1cc(Br)ccc1NC(=O)CN(C)C(=O)C1CC=CCC1. The van der Waals surface area contributed by atoms with Gasteiger partial charge in [-0.25, -0.2) is 0 Å². The molecule has 2 rings (SSSR count). The van der Waals surface area contributed by atoms with Crippen molar-refractivity contribution in [1.29, 1.82) is 0 Å². The van der Waals surface area contributed by atoms with Gasteiger partial charge in [-0.05, 0) is 49.9 Å². The maximum atomic E-state index is 12.3. The highest BCUT2D eigenvalue weighted by Gasteiger charge is 2.23. The van der Waals surface area contributed by atoms with Crippen LogP contribution >= 0.6 is 15.9 Å². The zero-order chi connectivity index (χ0) is 16.1. The number of hydrogen-bond donors (Lipinski definition) is 1. The van der Waals surface area contributed by atoms with Crippen LogP contribution in [0.2, 0.25) is 0 Å². The number of anilines is 1. The minimum absolute atomic E-state index is 0.0113. The molecule has 1 aliphatic carbocycles. The van der Waals surface area contributed by atoms with Crippen LogP contribution in [0, 0.1) is 12.8 Å². The first-order valence-electron chi connectivity index (χ1n) is 7.43. The topological polar surface area (TPSA) is 49.4 Å². The summed E-state index contributed by atoms with van der Waals surface area (Å²) in [5.41, 5.74) is 1.75. The lowest BCUT2D eigenvalue weighted by Crippen LogP contribution is -2.38. The van der Waals surface area contributed by atoms with Crippen LogP contribution in [-0.2, 0) is 9.59 Å². The molecular formula is C17H21BrN2O2. The summed E-state index contributed by atoms with van der Waals surface area (Å²) < 4.78 is 0.973. The average molecular weight is 365 g/mol. The Hall–Kier alpha value is -1.62. The van der Waals surface area contributed by atoms with Crippen molar-refractivity contribution in [1.82, 2.24) is 4.90 Å².